The van der Waals surface area contributed by atoms with Crippen molar-refractivity contribution in [2.24, 2.45) is 5.92 Å². The van der Waals surface area contributed by atoms with Crippen LogP contribution in [0.25, 0.3) is 0 Å². The molecule has 164 valence electrons. The van der Waals surface area contributed by atoms with E-state index in [1.54, 1.807) is 0 Å². The zero-order valence-electron chi connectivity index (χ0n) is 17.3. The van der Waals surface area contributed by atoms with E-state index in [4.69, 9.17) is 0 Å². The maximum Gasteiger partial charge on any atom is 0.256 e. The quantitative estimate of drug-likeness (QED) is 0.741. The zero-order valence-corrected chi connectivity index (χ0v) is 17.3. The van der Waals surface area contributed by atoms with Crippen molar-refractivity contribution in [3.8, 4) is 0 Å². The predicted molar refractivity (Wildman–Crippen MR) is 112 cm³/mol. The molecule has 2 aromatic carbocycles. The van der Waals surface area contributed by atoms with Gasteiger partial charge >= 0.3 is 0 Å². The van der Waals surface area contributed by atoms with E-state index < -0.39 is 17.5 Å². The molecule has 2 aromatic rings. The number of carbonyl (C=O) groups is 3. The average Bonchev–Trinajstić information content (AvgIpc) is 2.77. The molecular weight excluding hydrogens is 404 g/mol. The van der Waals surface area contributed by atoms with E-state index in [0.29, 0.717) is 18.9 Å². The van der Waals surface area contributed by atoms with Gasteiger partial charge in [-0.15, -0.1) is 0 Å². The standard InChI is InChI=1S/C23H25F2N3O3/c1-2-15-5-3-4-6-20(15)27-21(29)14-26-22(30)16-9-11-28(12-10-16)23(31)18-8-7-17(24)13-19(18)25/h3-8,13,16H,2,9-12,14H2,1H3,(H,26,30)(H,27,29). The number of piperidine rings is 1. The van der Waals surface area contributed by atoms with E-state index in [1.807, 2.05) is 31.2 Å². The van der Waals surface area contributed by atoms with Crippen molar-refractivity contribution < 1.29 is 23.2 Å². The van der Waals surface area contributed by atoms with Crippen molar-refractivity contribution in [2.45, 2.75) is 26.2 Å². The fourth-order valence-electron chi connectivity index (χ4n) is 3.63. The average molecular weight is 429 g/mol. The molecule has 0 spiro atoms. The molecule has 1 aliphatic rings. The van der Waals surface area contributed by atoms with E-state index in [-0.39, 0.29) is 42.9 Å². The second kappa shape index (κ2) is 10.1. The number of hydrogen-bond acceptors (Lipinski definition) is 3. The van der Waals surface area contributed by atoms with Gasteiger partial charge in [-0.25, -0.2) is 8.78 Å². The highest BCUT2D eigenvalue weighted by Gasteiger charge is 2.29. The monoisotopic (exact) mass is 429 g/mol. The van der Waals surface area contributed by atoms with Gasteiger partial charge in [0.2, 0.25) is 11.8 Å². The van der Waals surface area contributed by atoms with E-state index in [9.17, 15) is 23.2 Å². The molecular formula is C23H25F2N3O3. The van der Waals surface area contributed by atoms with Gasteiger partial charge in [-0.3, -0.25) is 14.4 Å². The second-order valence-electron chi connectivity index (χ2n) is 7.47. The van der Waals surface area contributed by atoms with Gasteiger partial charge in [0, 0.05) is 30.8 Å². The lowest BCUT2D eigenvalue weighted by atomic mass is 9.95. The van der Waals surface area contributed by atoms with Crippen LogP contribution >= 0.6 is 0 Å². The minimum atomic E-state index is -0.902. The molecule has 0 bridgehead atoms. The van der Waals surface area contributed by atoms with Crippen LogP contribution in [0.3, 0.4) is 0 Å². The first-order valence-electron chi connectivity index (χ1n) is 10.3. The van der Waals surface area contributed by atoms with Crippen molar-refractivity contribution in [3.63, 3.8) is 0 Å². The van der Waals surface area contributed by atoms with Crippen molar-refractivity contribution in [2.75, 3.05) is 25.0 Å². The van der Waals surface area contributed by atoms with E-state index in [2.05, 4.69) is 10.6 Å². The molecule has 6 nitrogen and oxygen atoms in total. The summed E-state index contributed by atoms with van der Waals surface area (Å²) in [5, 5.41) is 5.45. The Morgan fingerprint density at radius 3 is 2.45 bits per heavy atom. The van der Waals surface area contributed by atoms with Gasteiger partial charge in [0.25, 0.3) is 5.91 Å². The van der Waals surface area contributed by atoms with Crippen molar-refractivity contribution in [1.29, 1.82) is 0 Å². The molecule has 0 saturated carbocycles. The summed E-state index contributed by atoms with van der Waals surface area (Å²) in [6.45, 7) is 2.42. The Bertz CT molecular complexity index is 972. The molecule has 0 unspecified atom stereocenters. The van der Waals surface area contributed by atoms with Gasteiger partial charge in [-0.2, -0.15) is 0 Å². The fraction of sp³-hybridized carbons (Fsp3) is 0.348. The summed E-state index contributed by atoms with van der Waals surface area (Å²) in [5.74, 6) is -3.07. The van der Waals surface area contributed by atoms with E-state index in [1.165, 1.54) is 4.90 Å². The number of rotatable bonds is 6. The normalized spacial score (nSPS) is 14.2. The van der Waals surface area contributed by atoms with Gasteiger partial charge in [-0.05, 0) is 43.0 Å². The molecule has 0 radical (unpaired) electrons. The van der Waals surface area contributed by atoms with E-state index >= 15 is 0 Å². The molecule has 1 heterocycles. The summed E-state index contributed by atoms with van der Waals surface area (Å²) in [7, 11) is 0. The molecule has 1 aliphatic heterocycles. The van der Waals surface area contributed by atoms with Crippen LogP contribution in [0.1, 0.15) is 35.7 Å². The maximum atomic E-state index is 13.9. The first-order valence-corrected chi connectivity index (χ1v) is 10.3. The summed E-state index contributed by atoms with van der Waals surface area (Å²) < 4.78 is 26.9. The molecule has 0 atom stereocenters. The number of nitrogens with one attached hydrogen (secondary N) is 2. The summed E-state index contributed by atoms with van der Waals surface area (Å²) >= 11 is 0. The van der Waals surface area contributed by atoms with Crippen molar-refractivity contribution in [3.05, 3.63) is 65.2 Å². The Labute approximate surface area is 179 Å². The molecule has 8 heteroatoms. The number of likely N-dealkylation sites (tertiary alicyclic amines) is 1. The van der Waals surface area contributed by atoms with Crippen LogP contribution in [-0.4, -0.2) is 42.3 Å². The van der Waals surface area contributed by atoms with Gasteiger partial charge in [0.15, 0.2) is 0 Å². The highest BCUT2D eigenvalue weighted by molar-refractivity contribution is 5.96. The third-order valence-corrected chi connectivity index (χ3v) is 5.41. The SMILES string of the molecule is CCc1ccccc1NC(=O)CNC(=O)C1CCN(C(=O)c2ccc(F)cc2F)CC1. The highest BCUT2D eigenvalue weighted by Crippen LogP contribution is 2.21. The summed E-state index contributed by atoms with van der Waals surface area (Å²) in [5.41, 5.74) is 1.55. The lowest BCUT2D eigenvalue weighted by molar-refractivity contribution is -0.128. The molecule has 3 amide bonds. The topological polar surface area (TPSA) is 78.5 Å². The summed E-state index contributed by atoms with van der Waals surface area (Å²) in [4.78, 5) is 38.5. The van der Waals surface area contributed by atoms with Gasteiger partial charge in [0.1, 0.15) is 11.6 Å². The lowest BCUT2D eigenvalue weighted by Crippen LogP contribution is -2.44. The van der Waals surface area contributed by atoms with Crippen LogP contribution in [0, 0.1) is 17.6 Å². The Hall–Kier alpha value is -3.29. The van der Waals surface area contributed by atoms with Crippen LogP contribution < -0.4 is 10.6 Å². The maximum absolute atomic E-state index is 13.9. The molecule has 2 N–H and O–H groups in total. The van der Waals surface area contributed by atoms with Crippen LogP contribution in [0.15, 0.2) is 42.5 Å². The van der Waals surface area contributed by atoms with Crippen molar-refractivity contribution in [1.82, 2.24) is 10.2 Å². The zero-order chi connectivity index (χ0) is 22.4. The highest BCUT2D eigenvalue weighted by atomic mass is 19.1. The predicted octanol–water partition coefficient (Wildman–Crippen LogP) is 3.13. The first-order chi connectivity index (χ1) is 14.9. The molecule has 0 aromatic heterocycles. The molecule has 0 aliphatic carbocycles. The summed E-state index contributed by atoms with van der Waals surface area (Å²) in [6.07, 6.45) is 1.59. The number of amides is 3. The fourth-order valence-corrected chi connectivity index (χ4v) is 3.63. The van der Waals surface area contributed by atoms with Crippen LogP contribution in [0.2, 0.25) is 0 Å². The molecule has 31 heavy (non-hydrogen) atoms. The Balaban J connectivity index is 1.46. The smallest absolute Gasteiger partial charge is 0.256 e. The van der Waals surface area contributed by atoms with E-state index in [0.717, 1.165) is 29.8 Å². The number of carbonyl (C=O) groups excluding carboxylic acids is 3. The van der Waals surface area contributed by atoms with Crippen LogP contribution in [-0.2, 0) is 16.0 Å². The third-order valence-electron chi connectivity index (χ3n) is 5.41. The Morgan fingerprint density at radius 1 is 1.06 bits per heavy atom. The van der Waals surface area contributed by atoms with Gasteiger partial charge < -0.3 is 15.5 Å². The number of aryl methyl sites for hydroxylation is 1. The molecule has 1 saturated heterocycles. The minimum absolute atomic E-state index is 0.142. The van der Waals surface area contributed by atoms with Gasteiger partial charge in [0.05, 0.1) is 12.1 Å². The number of halogens is 2. The minimum Gasteiger partial charge on any atom is -0.347 e. The first kappa shape index (κ1) is 22.4. The number of anilines is 1. The summed E-state index contributed by atoms with van der Waals surface area (Å²) in [6, 6.07) is 10.3. The van der Waals surface area contributed by atoms with Gasteiger partial charge in [-0.1, -0.05) is 25.1 Å². The Kier molecular flexibility index (Phi) is 7.33. The Morgan fingerprint density at radius 2 is 1.77 bits per heavy atom. The van der Waals surface area contributed by atoms with Crippen molar-refractivity contribution >= 4 is 23.4 Å². The number of benzene rings is 2. The number of hydrogen-bond donors (Lipinski definition) is 2. The molecule has 1 fully saturated rings. The van der Waals surface area contributed by atoms with Crippen LogP contribution in [0.5, 0.6) is 0 Å². The number of para-hydroxylation sites is 1. The number of nitrogens with zero attached hydrogens (tertiary/aromatic N) is 1. The molecule has 3 rings (SSSR count). The third kappa shape index (κ3) is 5.65. The second-order valence-corrected chi connectivity index (χ2v) is 7.47. The van der Waals surface area contributed by atoms with Crippen LogP contribution in [0.4, 0.5) is 14.5 Å². The lowest BCUT2D eigenvalue weighted by Gasteiger charge is -2.31. The largest absolute Gasteiger partial charge is 0.347 e.